The molecule has 2 rings (SSSR count). The Kier molecular flexibility index (Phi) is 2.73. The van der Waals surface area contributed by atoms with Crippen LogP contribution in [0.25, 0.3) is 10.1 Å². The highest BCUT2D eigenvalue weighted by Gasteiger charge is 2.07. The molecule has 0 saturated carbocycles. The molecular formula is C12H12O2S. The molecule has 0 N–H and O–H groups in total. The predicted molar refractivity (Wildman–Crippen MR) is 62.8 cm³/mol. The van der Waals surface area contributed by atoms with Crippen molar-refractivity contribution < 1.29 is 9.53 Å². The van der Waals surface area contributed by atoms with Crippen LogP contribution < -0.4 is 4.74 Å². The minimum Gasteiger partial charge on any atom is -0.497 e. The van der Waals surface area contributed by atoms with Crippen LogP contribution in [0.2, 0.25) is 0 Å². The van der Waals surface area contributed by atoms with E-state index in [2.05, 4.69) is 0 Å². The van der Waals surface area contributed by atoms with Gasteiger partial charge in [-0.25, -0.2) is 0 Å². The molecule has 0 unspecified atom stereocenters. The average Bonchev–Trinajstić information content (AvgIpc) is 2.60. The van der Waals surface area contributed by atoms with Crippen LogP contribution in [0, 0.1) is 0 Å². The van der Waals surface area contributed by atoms with Crippen molar-refractivity contribution in [3.05, 3.63) is 29.1 Å². The zero-order valence-electron chi connectivity index (χ0n) is 8.74. The summed E-state index contributed by atoms with van der Waals surface area (Å²) < 4.78 is 6.37. The summed E-state index contributed by atoms with van der Waals surface area (Å²) in [5.74, 6) is 1.03. The Balaban J connectivity index is 2.51. The van der Waals surface area contributed by atoms with E-state index in [9.17, 15) is 4.79 Å². The van der Waals surface area contributed by atoms with Crippen LogP contribution in [0.3, 0.4) is 0 Å². The fourth-order valence-electron chi connectivity index (χ4n) is 1.59. The van der Waals surface area contributed by atoms with Crippen molar-refractivity contribution in [1.29, 1.82) is 0 Å². The number of hydrogen-bond acceptors (Lipinski definition) is 3. The molecule has 0 bridgehead atoms. The third kappa shape index (κ3) is 2.02. The molecule has 0 aliphatic carbocycles. The van der Waals surface area contributed by atoms with Gasteiger partial charge in [0, 0.05) is 11.1 Å². The van der Waals surface area contributed by atoms with Gasteiger partial charge >= 0.3 is 0 Å². The number of ketones is 1. The van der Waals surface area contributed by atoms with Gasteiger partial charge in [-0.3, -0.25) is 4.79 Å². The van der Waals surface area contributed by atoms with Gasteiger partial charge in [0.15, 0.2) is 0 Å². The van der Waals surface area contributed by atoms with Crippen molar-refractivity contribution in [2.24, 2.45) is 0 Å². The Morgan fingerprint density at radius 3 is 2.93 bits per heavy atom. The summed E-state index contributed by atoms with van der Waals surface area (Å²) >= 11 is 1.67. The van der Waals surface area contributed by atoms with E-state index < -0.39 is 0 Å². The first-order chi connectivity index (χ1) is 7.20. The quantitative estimate of drug-likeness (QED) is 0.794. The molecule has 3 heteroatoms. The Morgan fingerprint density at radius 2 is 2.27 bits per heavy atom. The molecule has 0 saturated heterocycles. The highest BCUT2D eigenvalue weighted by molar-refractivity contribution is 7.17. The lowest BCUT2D eigenvalue weighted by Crippen LogP contribution is -1.94. The maximum Gasteiger partial charge on any atom is 0.134 e. The van der Waals surface area contributed by atoms with Crippen LogP contribution in [0.5, 0.6) is 5.75 Å². The third-order valence-corrected chi connectivity index (χ3v) is 3.31. The Bertz CT molecular complexity index is 499. The first-order valence-electron chi connectivity index (χ1n) is 4.74. The summed E-state index contributed by atoms with van der Waals surface area (Å²) in [6.07, 6.45) is 0.507. The Morgan fingerprint density at radius 1 is 1.47 bits per heavy atom. The van der Waals surface area contributed by atoms with Gasteiger partial charge in [-0.2, -0.15) is 0 Å². The lowest BCUT2D eigenvalue weighted by Gasteiger charge is -2.00. The lowest BCUT2D eigenvalue weighted by molar-refractivity contribution is -0.116. The van der Waals surface area contributed by atoms with E-state index in [0.717, 1.165) is 16.7 Å². The fraction of sp³-hybridized carbons (Fsp3) is 0.250. The molecule has 2 aromatic rings. The van der Waals surface area contributed by atoms with E-state index in [1.807, 2.05) is 23.6 Å². The van der Waals surface area contributed by atoms with E-state index in [-0.39, 0.29) is 5.78 Å². The van der Waals surface area contributed by atoms with Crippen LogP contribution >= 0.6 is 11.3 Å². The van der Waals surface area contributed by atoms with Gasteiger partial charge in [0.25, 0.3) is 0 Å². The number of fused-ring (bicyclic) bond motifs is 1. The van der Waals surface area contributed by atoms with Crippen LogP contribution in [0.15, 0.2) is 23.6 Å². The van der Waals surface area contributed by atoms with Crippen LogP contribution in [-0.2, 0) is 11.2 Å². The number of methoxy groups -OCH3 is 1. The van der Waals surface area contributed by atoms with Crippen molar-refractivity contribution in [3.63, 3.8) is 0 Å². The van der Waals surface area contributed by atoms with Gasteiger partial charge in [0.1, 0.15) is 11.5 Å². The largest absolute Gasteiger partial charge is 0.497 e. The van der Waals surface area contributed by atoms with Gasteiger partial charge in [-0.05, 0) is 41.5 Å². The summed E-state index contributed by atoms with van der Waals surface area (Å²) in [6, 6.07) is 5.96. The molecular weight excluding hydrogens is 208 g/mol. The first kappa shape index (κ1) is 10.2. The van der Waals surface area contributed by atoms with E-state index >= 15 is 0 Å². The summed E-state index contributed by atoms with van der Waals surface area (Å²) in [5, 5.41) is 3.18. The molecule has 0 aliphatic rings. The molecule has 0 spiro atoms. The molecule has 1 aromatic heterocycles. The van der Waals surface area contributed by atoms with Gasteiger partial charge in [0.2, 0.25) is 0 Å². The van der Waals surface area contributed by atoms with Crippen molar-refractivity contribution in [2.45, 2.75) is 13.3 Å². The fourth-order valence-corrected chi connectivity index (χ4v) is 2.54. The number of benzene rings is 1. The number of Topliss-reactive ketones (excluding diaryl/α,β-unsaturated/α-hetero) is 1. The molecule has 1 heterocycles. The predicted octanol–water partition coefficient (Wildman–Crippen LogP) is 3.04. The smallest absolute Gasteiger partial charge is 0.134 e. The second kappa shape index (κ2) is 4.03. The summed E-state index contributed by atoms with van der Waals surface area (Å²) in [5.41, 5.74) is 1.10. The van der Waals surface area contributed by atoms with E-state index in [0.29, 0.717) is 6.42 Å². The zero-order chi connectivity index (χ0) is 10.8. The maximum atomic E-state index is 11.1. The van der Waals surface area contributed by atoms with Crippen molar-refractivity contribution in [3.8, 4) is 5.75 Å². The molecule has 0 amide bonds. The zero-order valence-corrected chi connectivity index (χ0v) is 9.56. The molecule has 1 aromatic carbocycles. The third-order valence-electron chi connectivity index (χ3n) is 2.30. The first-order valence-corrected chi connectivity index (χ1v) is 5.62. The van der Waals surface area contributed by atoms with Crippen LogP contribution in [0.1, 0.15) is 12.5 Å². The number of rotatable bonds is 3. The van der Waals surface area contributed by atoms with E-state index in [1.165, 1.54) is 4.70 Å². The minimum atomic E-state index is 0.192. The highest BCUT2D eigenvalue weighted by Crippen LogP contribution is 2.29. The van der Waals surface area contributed by atoms with Crippen LogP contribution in [-0.4, -0.2) is 12.9 Å². The second-order valence-electron chi connectivity index (χ2n) is 3.50. The molecule has 2 nitrogen and oxygen atoms in total. The number of hydrogen-bond donors (Lipinski definition) is 0. The summed E-state index contributed by atoms with van der Waals surface area (Å²) in [4.78, 5) is 11.1. The van der Waals surface area contributed by atoms with Gasteiger partial charge in [0.05, 0.1) is 7.11 Å². The number of ether oxygens (including phenoxy) is 1. The highest BCUT2D eigenvalue weighted by atomic mass is 32.1. The van der Waals surface area contributed by atoms with Crippen molar-refractivity contribution in [1.82, 2.24) is 0 Å². The normalized spacial score (nSPS) is 10.5. The summed E-state index contributed by atoms with van der Waals surface area (Å²) in [7, 11) is 1.65. The standard InChI is InChI=1S/C12H12O2S/c1-8(13)5-9-7-15-12-4-3-10(14-2)6-11(9)12/h3-4,6-7H,5H2,1-2H3. The summed E-state index contributed by atoms with van der Waals surface area (Å²) in [6.45, 7) is 1.61. The Labute approximate surface area is 92.5 Å². The van der Waals surface area contributed by atoms with Crippen molar-refractivity contribution >= 4 is 27.2 Å². The minimum absolute atomic E-state index is 0.192. The van der Waals surface area contributed by atoms with Gasteiger partial charge < -0.3 is 4.74 Å². The number of thiophene rings is 1. The second-order valence-corrected chi connectivity index (χ2v) is 4.41. The monoisotopic (exact) mass is 220 g/mol. The molecule has 0 fully saturated rings. The molecule has 78 valence electrons. The average molecular weight is 220 g/mol. The van der Waals surface area contributed by atoms with E-state index in [4.69, 9.17) is 4.74 Å². The topological polar surface area (TPSA) is 26.3 Å². The number of carbonyl (C=O) groups is 1. The lowest BCUT2D eigenvalue weighted by atomic mass is 10.1. The molecule has 0 aliphatic heterocycles. The SMILES string of the molecule is COc1ccc2scc(CC(C)=O)c2c1. The van der Waals surface area contributed by atoms with Gasteiger partial charge in [-0.1, -0.05) is 0 Å². The maximum absolute atomic E-state index is 11.1. The Hall–Kier alpha value is -1.35. The molecule has 0 radical (unpaired) electrons. The molecule has 15 heavy (non-hydrogen) atoms. The van der Waals surface area contributed by atoms with E-state index in [1.54, 1.807) is 25.4 Å². The van der Waals surface area contributed by atoms with Crippen LogP contribution in [0.4, 0.5) is 0 Å². The van der Waals surface area contributed by atoms with Gasteiger partial charge in [-0.15, -0.1) is 11.3 Å². The van der Waals surface area contributed by atoms with Crippen molar-refractivity contribution in [2.75, 3.05) is 7.11 Å². The number of carbonyl (C=O) groups excluding carboxylic acids is 1. The molecule has 0 atom stereocenters.